The Morgan fingerprint density at radius 2 is 2.05 bits per heavy atom. The van der Waals surface area contributed by atoms with Crippen molar-refractivity contribution in [1.82, 2.24) is 15.1 Å². The molecule has 0 saturated heterocycles. The Morgan fingerprint density at radius 1 is 1.33 bits per heavy atom. The second-order valence-electron chi connectivity index (χ2n) is 5.07. The molecule has 0 fully saturated rings. The Hall–Kier alpha value is -2.44. The Labute approximate surface area is 123 Å². The molecule has 2 aromatic heterocycles. The molecule has 0 aromatic carbocycles. The Balaban J connectivity index is 2.33. The van der Waals surface area contributed by atoms with E-state index in [0.29, 0.717) is 17.4 Å². The van der Waals surface area contributed by atoms with Gasteiger partial charge >= 0.3 is 0 Å². The van der Waals surface area contributed by atoms with Crippen molar-refractivity contribution in [3.8, 4) is 0 Å². The first kappa shape index (κ1) is 15.0. The van der Waals surface area contributed by atoms with Crippen LogP contribution in [0, 0.1) is 13.8 Å². The van der Waals surface area contributed by atoms with E-state index in [1.807, 2.05) is 27.7 Å². The summed E-state index contributed by atoms with van der Waals surface area (Å²) in [6, 6.07) is 0. The summed E-state index contributed by atoms with van der Waals surface area (Å²) in [5.41, 5.74) is 2.38. The molecule has 7 nitrogen and oxygen atoms in total. The van der Waals surface area contributed by atoms with Crippen molar-refractivity contribution >= 4 is 17.5 Å². The van der Waals surface area contributed by atoms with E-state index in [-0.39, 0.29) is 17.5 Å². The topological polar surface area (TPSA) is 92.9 Å². The van der Waals surface area contributed by atoms with Gasteiger partial charge < -0.3 is 9.84 Å². The summed E-state index contributed by atoms with van der Waals surface area (Å²) in [4.78, 5) is 21.0. The number of anilines is 2. The van der Waals surface area contributed by atoms with Crippen molar-refractivity contribution in [1.29, 1.82) is 0 Å². The van der Waals surface area contributed by atoms with Crippen LogP contribution < -0.4 is 10.6 Å². The van der Waals surface area contributed by atoms with Gasteiger partial charge in [-0.2, -0.15) is 0 Å². The second kappa shape index (κ2) is 5.90. The standard InChI is InChI=1S/C14H19N5O2/c1-7(2)12-16-6-10(15-5)11(17-12)13(20)18-14-8(3)9(4)19-21-14/h6-7,15H,1-5H3,(H,18,20). The van der Waals surface area contributed by atoms with Gasteiger partial charge in [-0.1, -0.05) is 19.0 Å². The molecule has 2 N–H and O–H groups in total. The van der Waals surface area contributed by atoms with Gasteiger partial charge in [-0.25, -0.2) is 9.97 Å². The fraction of sp³-hybridized carbons (Fsp3) is 0.429. The fourth-order valence-electron chi connectivity index (χ4n) is 1.72. The molecule has 21 heavy (non-hydrogen) atoms. The van der Waals surface area contributed by atoms with Crippen LogP contribution in [0.25, 0.3) is 0 Å². The minimum atomic E-state index is -0.358. The Kier molecular flexibility index (Phi) is 4.21. The average molecular weight is 289 g/mol. The van der Waals surface area contributed by atoms with Gasteiger partial charge in [0.25, 0.3) is 5.91 Å². The molecule has 2 heterocycles. The number of rotatable bonds is 4. The third kappa shape index (κ3) is 3.01. The number of aryl methyl sites for hydroxylation is 1. The van der Waals surface area contributed by atoms with Crippen molar-refractivity contribution in [3.05, 3.63) is 29.0 Å². The highest BCUT2D eigenvalue weighted by molar-refractivity contribution is 6.06. The molecule has 0 radical (unpaired) electrons. The summed E-state index contributed by atoms with van der Waals surface area (Å²) in [5, 5.41) is 9.42. The van der Waals surface area contributed by atoms with E-state index < -0.39 is 0 Å². The molecule has 2 rings (SSSR count). The Bertz CT molecular complexity index is 663. The van der Waals surface area contributed by atoms with Crippen molar-refractivity contribution in [2.75, 3.05) is 17.7 Å². The van der Waals surface area contributed by atoms with Gasteiger partial charge in [-0.15, -0.1) is 0 Å². The molecule has 0 spiro atoms. The average Bonchev–Trinajstić information content (AvgIpc) is 2.78. The maximum atomic E-state index is 12.4. The molecule has 0 aliphatic rings. The summed E-state index contributed by atoms with van der Waals surface area (Å²) in [6.07, 6.45) is 1.61. The van der Waals surface area contributed by atoms with Crippen LogP contribution in [0.3, 0.4) is 0 Å². The largest absolute Gasteiger partial charge is 0.385 e. The lowest BCUT2D eigenvalue weighted by atomic mass is 10.2. The highest BCUT2D eigenvalue weighted by Crippen LogP contribution is 2.21. The van der Waals surface area contributed by atoms with Crippen molar-refractivity contribution in [2.45, 2.75) is 33.6 Å². The maximum Gasteiger partial charge on any atom is 0.278 e. The lowest BCUT2D eigenvalue weighted by molar-refractivity contribution is 0.101. The number of carbonyl (C=O) groups is 1. The molecule has 0 unspecified atom stereocenters. The van der Waals surface area contributed by atoms with Crippen LogP contribution in [0.15, 0.2) is 10.7 Å². The number of aromatic nitrogens is 3. The van der Waals surface area contributed by atoms with Crippen LogP contribution in [-0.2, 0) is 0 Å². The molecular formula is C14H19N5O2. The van der Waals surface area contributed by atoms with Gasteiger partial charge in [-0.05, 0) is 13.8 Å². The van der Waals surface area contributed by atoms with E-state index in [4.69, 9.17) is 4.52 Å². The van der Waals surface area contributed by atoms with Gasteiger partial charge in [0.2, 0.25) is 5.88 Å². The SMILES string of the molecule is CNc1cnc(C(C)C)nc1C(=O)Nc1onc(C)c1C. The normalized spacial score (nSPS) is 10.8. The monoisotopic (exact) mass is 289 g/mol. The first-order chi connectivity index (χ1) is 9.93. The highest BCUT2D eigenvalue weighted by Gasteiger charge is 2.19. The number of hydrogen-bond donors (Lipinski definition) is 2. The van der Waals surface area contributed by atoms with E-state index >= 15 is 0 Å². The van der Waals surface area contributed by atoms with E-state index in [2.05, 4.69) is 25.8 Å². The zero-order chi connectivity index (χ0) is 15.6. The lowest BCUT2D eigenvalue weighted by Crippen LogP contribution is -2.18. The molecule has 7 heteroatoms. The predicted octanol–water partition coefficient (Wildman–Crippen LogP) is 2.50. The molecule has 1 amide bonds. The zero-order valence-electron chi connectivity index (χ0n) is 12.8. The number of nitrogens with one attached hydrogen (secondary N) is 2. The maximum absolute atomic E-state index is 12.4. The summed E-state index contributed by atoms with van der Waals surface area (Å²) >= 11 is 0. The van der Waals surface area contributed by atoms with Gasteiger partial charge in [0, 0.05) is 18.5 Å². The van der Waals surface area contributed by atoms with Crippen LogP contribution >= 0.6 is 0 Å². The van der Waals surface area contributed by atoms with Gasteiger partial charge in [-0.3, -0.25) is 10.1 Å². The van der Waals surface area contributed by atoms with Crippen molar-refractivity contribution in [2.24, 2.45) is 0 Å². The molecule has 0 saturated carbocycles. The van der Waals surface area contributed by atoms with E-state index in [0.717, 1.165) is 11.3 Å². The molecular weight excluding hydrogens is 270 g/mol. The molecule has 0 aliphatic heterocycles. The lowest BCUT2D eigenvalue weighted by Gasteiger charge is -2.10. The fourth-order valence-corrected chi connectivity index (χ4v) is 1.72. The zero-order valence-corrected chi connectivity index (χ0v) is 12.8. The quantitative estimate of drug-likeness (QED) is 0.898. The van der Waals surface area contributed by atoms with Crippen LogP contribution in [0.4, 0.5) is 11.6 Å². The first-order valence-electron chi connectivity index (χ1n) is 6.73. The third-order valence-corrected chi connectivity index (χ3v) is 3.19. The van der Waals surface area contributed by atoms with Crippen molar-refractivity contribution in [3.63, 3.8) is 0 Å². The summed E-state index contributed by atoms with van der Waals surface area (Å²) < 4.78 is 5.09. The minimum absolute atomic E-state index is 0.136. The number of carbonyl (C=O) groups excluding carboxylic acids is 1. The molecule has 2 aromatic rings. The Morgan fingerprint density at radius 3 is 2.57 bits per heavy atom. The highest BCUT2D eigenvalue weighted by atomic mass is 16.5. The van der Waals surface area contributed by atoms with Crippen LogP contribution in [0.2, 0.25) is 0 Å². The molecule has 0 bridgehead atoms. The summed E-state index contributed by atoms with van der Waals surface area (Å²) in [6.45, 7) is 7.59. The van der Waals surface area contributed by atoms with E-state index in [1.54, 1.807) is 13.2 Å². The van der Waals surface area contributed by atoms with Gasteiger partial charge in [0.15, 0.2) is 5.69 Å². The molecule has 0 aliphatic carbocycles. The third-order valence-electron chi connectivity index (χ3n) is 3.19. The van der Waals surface area contributed by atoms with E-state index in [9.17, 15) is 4.79 Å². The summed E-state index contributed by atoms with van der Waals surface area (Å²) in [7, 11) is 1.72. The molecule has 0 atom stereocenters. The number of amides is 1. The van der Waals surface area contributed by atoms with E-state index in [1.165, 1.54) is 0 Å². The summed E-state index contributed by atoms with van der Waals surface area (Å²) in [5.74, 6) is 0.730. The van der Waals surface area contributed by atoms with Crippen LogP contribution in [0.5, 0.6) is 0 Å². The van der Waals surface area contributed by atoms with Crippen LogP contribution in [-0.4, -0.2) is 28.1 Å². The van der Waals surface area contributed by atoms with Crippen LogP contribution in [0.1, 0.15) is 47.3 Å². The molecule has 112 valence electrons. The van der Waals surface area contributed by atoms with Crippen molar-refractivity contribution < 1.29 is 9.32 Å². The second-order valence-corrected chi connectivity index (χ2v) is 5.07. The number of hydrogen-bond acceptors (Lipinski definition) is 6. The first-order valence-corrected chi connectivity index (χ1v) is 6.73. The smallest absolute Gasteiger partial charge is 0.278 e. The van der Waals surface area contributed by atoms with Gasteiger partial charge in [0.05, 0.1) is 17.6 Å². The minimum Gasteiger partial charge on any atom is -0.385 e. The predicted molar refractivity (Wildman–Crippen MR) is 79.6 cm³/mol. The number of nitrogens with zero attached hydrogens (tertiary/aromatic N) is 3. The van der Waals surface area contributed by atoms with Gasteiger partial charge in [0.1, 0.15) is 5.82 Å².